The highest BCUT2D eigenvalue weighted by molar-refractivity contribution is 7.89. The normalized spacial score (nSPS) is 11.6. The molecule has 0 aliphatic carbocycles. The number of hydrogen-bond donors (Lipinski definition) is 1. The van der Waals surface area contributed by atoms with Crippen molar-refractivity contribution in [3.63, 3.8) is 0 Å². The monoisotopic (exact) mass is 442 g/mol. The first-order valence-corrected chi connectivity index (χ1v) is 11.3. The summed E-state index contributed by atoms with van der Waals surface area (Å²) in [6, 6.07) is 25.6. The molecule has 1 N–H and O–H groups in total. The molecule has 1 amide bonds. The summed E-state index contributed by atoms with van der Waals surface area (Å²) in [5.74, 6) is -0.401. The van der Waals surface area contributed by atoms with Crippen molar-refractivity contribution in [3.05, 3.63) is 101 Å². The van der Waals surface area contributed by atoms with E-state index in [0.717, 1.165) is 15.4 Å². The number of carbonyl (C=O) groups is 1. The van der Waals surface area contributed by atoms with Crippen molar-refractivity contribution in [1.82, 2.24) is 9.62 Å². The summed E-state index contributed by atoms with van der Waals surface area (Å²) >= 11 is 5.83. The minimum atomic E-state index is -3.78. The highest BCUT2D eigenvalue weighted by atomic mass is 35.5. The molecule has 3 aromatic rings. The van der Waals surface area contributed by atoms with E-state index < -0.39 is 10.0 Å². The number of rotatable bonds is 8. The van der Waals surface area contributed by atoms with E-state index in [0.29, 0.717) is 11.6 Å². The van der Waals surface area contributed by atoms with Gasteiger partial charge in [-0.25, -0.2) is 8.42 Å². The Morgan fingerprint density at radius 3 is 1.90 bits per heavy atom. The Morgan fingerprint density at radius 2 is 1.40 bits per heavy atom. The number of benzene rings is 3. The molecule has 3 aromatic carbocycles. The van der Waals surface area contributed by atoms with Crippen LogP contribution in [-0.4, -0.2) is 38.8 Å². The van der Waals surface area contributed by atoms with E-state index in [9.17, 15) is 13.2 Å². The predicted molar refractivity (Wildman–Crippen MR) is 119 cm³/mol. The van der Waals surface area contributed by atoms with Crippen LogP contribution in [0.5, 0.6) is 0 Å². The number of nitrogens with zero attached hydrogens (tertiary/aromatic N) is 1. The van der Waals surface area contributed by atoms with Gasteiger partial charge in [-0.05, 0) is 35.4 Å². The van der Waals surface area contributed by atoms with Gasteiger partial charge in [0.05, 0.1) is 11.4 Å². The Kier molecular flexibility index (Phi) is 7.26. The fraction of sp³-hybridized carbons (Fsp3) is 0.174. The topological polar surface area (TPSA) is 66.5 Å². The molecular formula is C23H23ClN2O3S. The van der Waals surface area contributed by atoms with E-state index >= 15 is 0 Å². The number of sulfonamides is 1. The molecule has 0 atom stereocenters. The molecular weight excluding hydrogens is 420 g/mol. The van der Waals surface area contributed by atoms with Crippen LogP contribution in [0.3, 0.4) is 0 Å². The summed E-state index contributed by atoms with van der Waals surface area (Å²) in [6.45, 7) is 0.0863. The third-order valence-corrected chi connectivity index (χ3v) is 6.86. The van der Waals surface area contributed by atoms with Crippen LogP contribution < -0.4 is 5.32 Å². The van der Waals surface area contributed by atoms with Crippen molar-refractivity contribution in [3.8, 4) is 0 Å². The van der Waals surface area contributed by atoms with Gasteiger partial charge in [0.15, 0.2) is 0 Å². The number of carbonyl (C=O) groups excluding carboxylic acids is 1. The van der Waals surface area contributed by atoms with Crippen LogP contribution in [0, 0.1) is 0 Å². The molecule has 7 heteroatoms. The van der Waals surface area contributed by atoms with Crippen LogP contribution in [0.25, 0.3) is 0 Å². The van der Waals surface area contributed by atoms with Crippen molar-refractivity contribution in [2.45, 2.75) is 10.8 Å². The van der Waals surface area contributed by atoms with Crippen LogP contribution >= 0.6 is 11.6 Å². The van der Waals surface area contributed by atoms with E-state index in [1.54, 1.807) is 0 Å². The molecule has 0 saturated heterocycles. The average Bonchev–Trinajstić information content (AvgIpc) is 2.75. The van der Waals surface area contributed by atoms with Crippen molar-refractivity contribution in [1.29, 1.82) is 0 Å². The number of nitrogens with one attached hydrogen (secondary N) is 1. The molecule has 156 valence electrons. The maximum atomic E-state index is 12.7. The third-order valence-electron chi connectivity index (χ3n) is 4.80. The lowest BCUT2D eigenvalue weighted by Gasteiger charge is -2.21. The second-order valence-corrected chi connectivity index (χ2v) is 9.37. The average molecular weight is 443 g/mol. The standard InChI is InChI=1S/C23H23ClN2O3S/c1-26(30(28,29)21-14-12-20(24)13-15-21)17-23(27)25-16-22(18-8-4-2-5-9-18)19-10-6-3-7-11-19/h2-15,22H,16-17H2,1H3,(H,25,27). The van der Waals surface area contributed by atoms with E-state index in [-0.39, 0.29) is 23.3 Å². The third kappa shape index (κ3) is 5.48. The van der Waals surface area contributed by atoms with Gasteiger partial charge >= 0.3 is 0 Å². The van der Waals surface area contributed by atoms with Crippen LogP contribution in [0.2, 0.25) is 5.02 Å². The molecule has 0 spiro atoms. The molecule has 0 fully saturated rings. The Balaban J connectivity index is 1.68. The Morgan fingerprint density at radius 1 is 0.900 bits per heavy atom. The summed E-state index contributed by atoms with van der Waals surface area (Å²) in [5.41, 5.74) is 2.15. The summed E-state index contributed by atoms with van der Waals surface area (Å²) in [6.07, 6.45) is 0. The van der Waals surface area contributed by atoms with Gasteiger partial charge in [-0.15, -0.1) is 0 Å². The van der Waals surface area contributed by atoms with Crippen molar-refractivity contribution >= 4 is 27.5 Å². The summed E-state index contributed by atoms with van der Waals surface area (Å²) in [7, 11) is -2.40. The SMILES string of the molecule is CN(CC(=O)NCC(c1ccccc1)c1ccccc1)S(=O)(=O)c1ccc(Cl)cc1. The van der Waals surface area contributed by atoms with Crippen LogP contribution in [0.1, 0.15) is 17.0 Å². The first kappa shape index (κ1) is 22.0. The zero-order valence-corrected chi connectivity index (χ0v) is 18.1. The molecule has 0 bridgehead atoms. The largest absolute Gasteiger partial charge is 0.354 e. The van der Waals surface area contributed by atoms with Gasteiger partial charge in [-0.1, -0.05) is 72.3 Å². The molecule has 5 nitrogen and oxygen atoms in total. The zero-order chi connectivity index (χ0) is 21.6. The fourth-order valence-corrected chi connectivity index (χ4v) is 4.40. The molecule has 0 aromatic heterocycles. The van der Waals surface area contributed by atoms with E-state index in [4.69, 9.17) is 11.6 Å². The number of hydrogen-bond acceptors (Lipinski definition) is 3. The molecule has 0 unspecified atom stereocenters. The van der Waals surface area contributed by atoms with Gasteiger partial charge in [-0.2, -0.15) is 4.31 Å². The minimum Gasteiger partial charge on any atom is -0.354 e. The smallest absolute Gasteiger partial charge is 0.243 e. The second-order valence-electron chi connectivity index (χ2n) is 6.89. The Bertz CT molecular complexity index is 1030. The van der Waals surface area contributed by atoms with Crippen LogP contribution in [0.4, 0.5) is 0 Å². The Labute approximate surface area is 182 Å². The minimum absolute atomic E-state index is 0.0328. The molecule has 0 aliphatic rings. The van der Waals surface area contributed by atoms with Gasteiger partial charge in [-0.3, -0.25) is 4.79 Å². The number of halogens is 1. The molecule has 0 heterocycles. The number of likely N-dealkylation sites (N-methyl/N-ethyl adjacent to an activating group) is 1. The van der Waals surface area contributed by atoms with Crippen LogP contribution in [-0.2, 0) is 14.8 Å². The van der Waals surface area contributed by atoms with E-state index in [1.165, 1.54) is 31.3 Å². The first-order chi connectivity index (χ1) is 14.4. The molecule has 0 saturated carbocycles. The Hall–Kier alpha value is -2.67. The molecule has 3 rings (SSSR count). The van der Waals surface area contributed by atoms with Crippen molar-refractivity contribution in [2.24, 2.45) is 0 Å². The summed E-state index contributed by atoms with van der Waals surface area (Å²) < 4.78 is 26.4. The lowest BCUT2D eigenvalue weighted by Crippen LogP contribution is -2.39. The molecule has 30 heavy (non-hydrogen) atoms. The second kappa shape index (κ2) is 9.89. The lowest BCUT2D eigenvalue weighted by molar-refractivity contribution is -0.121. The molecule has 0 radical (unpaired) electrons. The zero-order valence-electron chi connectivity index (χ0n) is 16.5. The van der Waals surface area contributed by atoms with Crippen molar-refractivity contribution in [2.75, 3.05) is 20.1 Å². The first-order valence-electron chi connectivity index (χ1n) is 9.46. The summed E-state index contributed by atoms with van der Waals surface area (Å²) in [4.78, 5) is 12.6. The number of amides is 1. The van der Waals surface area contributed by atoms with Gasteiger partial charge in [0.1, 0.15) is 0 Å². The van der Waals surface area contributed by atoms with Gasteiger partial charge in [0, 0.05) is 24.5 Å². The van der Waals surface area contributed by atoms with E-state index in [2.05, 4.69) is 5.32 Å². The van der Waals surface area contributed by atoms with Crippen LogP contribution in [0.15, 0.2) is 89.8 Å². The quantitative estimate of drug-likeness (QED) is 0.575. The van der Waals surface area contributed by atoms with Gasteiger partial charge in [0.25, 0.3) is 0 Å². The predicted octanol–water partition coefficient (Wildman–Crippen LogP) is 3.91. The lowest BCUT2D eigenvalue weighted by atomic mass is 9.91. The fourth-order valence-electron chi connectivity index (χ4n) is 3.14. The highest BCUT2D eigenvalue weighted by Gasteiger charge is 2.23. The van der Waals surface area contributed by atoms with Gasteiger partial charge < -0.3 is 5.32 Å². The highest BCUT2D eigenvalue weighted by Crippen LogP contribution is 2.23. The maximum Gasteiger partial charge on any atom is 0.243 e. The van der Waals surface area contributed by atoms with E-state index in [1.807, 2.05) is 60.7 Å². The molecule has 0 aliphatic heterocycles. The summed E-state index contributed by atoms with van der Waals surface area (Å²) in [5, 5.41) is 3.32. The maximum absolute atomic E-state index is 12.7. The van der Waals surface area contributed by atoms with Gasteiger partial charge in [0.2, 0.25) is 15.9 Å². The van der Waals surface area contributed by atoms with Crippen molar-refractivity contribution < 1.29 is 13.2 Å².